The topological polar surface area (TPSA) is 50.4 Å². The molecule has 1 heterocycles. The van der Waals surface area contributed by atoms with Crippen molar-refractivity contribution in [3.05, 3.63) is 23.8 Å². The van der Waals surface area contributed by atoms with Gasteiger partial charge in [0.1, 0.15) is 11.9 Å². The number of anilines is 1. The van der Waals surface area contributed by atoms with Crippen LogP contribution in [0.2, 0.25) is 0 Å². The Labute approximate surface area is 145 Å². The zero-order valence-electron chi connectivity index (χ0n) is 14.8. The third kappa shape index (κ3) is 4.50. The summed E-state index contributed by atoms with van der Waals surface area (Å²) in [7, 11) is 0. The van der Waals surface area contributed by atoms with Gasteiger partial charge in [-0.15, -0.1) is 0 Å². The van der Waals surface area contributed by atoms with Crippen molar-refractivity contribution in [3.8, 4) is 5.75 Å². The Morgan fingerprint density at radius 1 is 1.21 bits per heavy atom. The van der Waals surface area contributed by atoms with Crippen LogP contribution >= 0.6 is 0 Å². The minimum atomic E-state index is 0.166. The maximum Gasteiger partial charge on any atom is 0.176 e. The van der Waals surface area contributed by atoms with Crippen LogP contribution in [-0.4, -0.2) is 31.0 Å². The summed E-state index contributed by atoms with van der Waals surface area (Å²) >= 11 is 0. The molecule has 0 bridgehead atoms. The van der Waals surface area contributed by atoms with Crippen LogP contribution in [0.4, 0.5) is 5.69 Å². The van der Waals surface area contributed by atoms with Crippen LogP contribution in [0.5, 0.6) is 5.75 Å². The average Bonchev–Trinajstić information content (AvgIpc) is 2.59. The monoisotopic (exact) mass is 330 g/mol. The van der Waals surface area contributed by atoms with E-state index >= 15 is 0 Å². The summed E-state index contributed by atoms with van der Waals surface area (Å²) in [6.45, 7) is 3.36. The van der Waals surface area contributed by atoms with E-state index in [2.05, 4.69) is 17.6 Å². The molecule has 0 aromatic heterocycles. The van der Waals surface area contributed by atoms with Gasteiger partial charge in [0.2, 0.25) is 0 Å². The highest BCUT2D eigenvalue weighted by molar-refractivity contribution is 5.98. The second kappa shape index (κ2) is 8.52. The molecule has 0 amide bonds. The van der Waals surface area contributed by atoms with Crippen molar-refractivity contribution in [1.29, 1.82) is 0 Å². The zero-order valence-corrected chi connectivity index (χ0v) is 14.8. The lowest BCUT2D eigenvalue weighted by Crippen LogP contribution is -2.34. The number of hydrogen-bond acceptors (Lipinski definition) is 4. The second-order valence-corrected chi connectivity index (χ2v) is 7.09. The van der Waals surface area contributed by atoms with E-state index in [9.17, 15) is 4.79 Å². The summed E-state index contributed by atoms with van der Waals surface area (Å²) in [6, 6.07) is 6.25. The van der Waals surface area contributed by atoms with E-state index < -0.39 is 0 Å². The molecule has 1 fully saturated rings. The molecule has 1 aliphatic heterocycles. The predicted molar refractivity (Wildman–Crippen MR) is 98.1 cm³/mol. The Hall–Kier alpha value is -1.55. The second-order valence-electron chi connectivity index (χ2n) is 7.09. The largest absolute Gasteiger partial charge is 0.486 e. The molecule has 132 valence electrons. The van der Waals surface area contributed by atoms with E-state index in [1.165, 1.54) is 44.9 Å². The van der Waals surface area contributed by atoms with Crippen molar-refractivity contribution in [2.45, 2.75) is 70.4 Å². The maximum atomic E-state index is 12.5. The number of ketones is 1. The molecule has 24 heavy (non-hydrogen) atoms. The van der Waals surface area contributed by atoms with Crippen molar-refractivity contribution >= 4 is 11.5 Å². The lowest BCUT2D eigenvalue weighted by Gasteiger charge is -2.27. The third-order valence-electron chi connectivity index (χ3n) is 5.23. The molecular weight excluding hydrogens is 300 g/mol. The Kier molecular flexibility index (Phi) is 6.13. The van der Waals surface area contributed by atoms with E-state index in [1.54, 1.807) is 0 Å². The maximum absolute atomic E-state index is 12.5. The quantitative estimate of drug-likeness (QED) is 0.796. The van der Waals surface area contributed by atoms with Crippen LogP contribution in [0.3, 0.4) is 0 Å². The molecule has 2 aliphatic rings. The average molecular weight is 330 g/mol. The lowest BCUT2D eigenvalue weighted by molar-refractivity contribution is 0.0985. The number of Topliss-reactive ketones (excluding diaryl/α,β-unsaturated/α-hetero) is 1. The summed E-state index contributed by atoms with van der Waals surface area (Å²) in [5.74, 6) is 1.02. The fourth-order valence-corrected chi connectivity index (χ4v) is 3.62. The van der Waals surface area contributed by atoms with Gasteiger partial charge in [0.05, 0.1) is 18.8 Å². The van der Waals surface area contributed by atoms with Crippen LogP contribution in [0.25, 0.3) is 0 Å². The molecule has 1 saturated carbocycles. The molecule has 0 saturated heterocycles. The van der Waals surface area contributed by atoms with Gasteiger partial charge in [-0.3, -0.25) is 4.79 Å². The zero-order chi connectivity index (χ0) is 16.8. The van der Waals surface area contributed by atoms with Crippen LogP contribution in [0.15, 0.2) is 18.2 Å². The number of carbonyl (C=O) groups is 1. The Balaban J connectivity index is 1.55. The highest BCUT2D eigenvalue weighted by Gasteiger charge is 2.19. The van der Waals surface area contributed by atoms with Crippen molar-refractivity contribution in [3.63, 3.8) is 0 Å². The van der Waals surface area contributed by atoms with Gasteiger partial charge in [0, 0.05) is 11.6 Å². The first-order valence-electron chi connectivity index (χ1n) is 9.57. The molecule has 2 N–H and O–H groups in total. The molecule has 4 nitrogen and oxygen atoms in total. The molecule has 1 aliphatic carbocycles. The fourth-order valence-electron chi connectivity index (χ4n) is 3.62. The van der Waals surface area contributed by atoms with Gasteiger partial charge in [-0.2, -0.15) is 0 Å². The summed E-state index contributed by atoms with van der Waals surface area (Å²) in [5.41, 5.74) is 1.70. The molecule has 0 radical (unpaired) electrons. The summed E-state index contributed by atoms with van der Waals surface area (Å²) in [5, 5.41) is 6.86. The Morgan fingerprint density at radius 2 is 1.96 bits per heavy atom. The van der Waals surface area contributed by atoms with E-state index in [0.29, 0.717) is 12.6 Å². The summed E-state index contributed by atoms with van der Waals surface area (Å²) < 4.78 is 5.91. The van der Waals surface area contributed by atoms with Gasteiger partial charge < -0.3 is 15.4 Å². The molecule has 1 unspecified atom stereocenters. The number of carbonyl (C=O) groups excluding carboxylic acids is 1. The number of benzene rings is 1. The van der Waals surface area contributed by atoms with Crippen molar-refractivity contribution < 1.29 is 9.53 Å². The van der Waals surface area contributed by atoms with Gasteiger partial charge in [0.25, 0.3) is 0 Å². The van der Waals surface area contributed by atoms with E-state index in [4.69, 9.17) is 4.74 Å². The number of hydrogen-bond donors (Lipinski definition) is 2. The van der Waals surface area contributed by atoms with Crippen LogP contribution < -0.4 is 15.4 Å². The SMILES string of the molecule is CCC1CNc2cc(C(=O)CNC3CCCCCCC3)ccc2O1. The summed E-state index contributed by atoms with van der Waals surface area (Å²) in [6.07, 6.45) is 10.2. The van der Waals surface area contributed by atoms with Crippen LogP contribution in [0.1, 0.15) is 68.6 Å². The molecule has 0 spiro atoms. The highest BCUT2D eigenvalue weighted by Crippen LogP contribution is 2.30. The van der Waals surface area contributed by atoms with Crippen molar-refractivity contribution in [2.24, 2.45) is 0 Å². The molecule has 1 aromatic carbocycles. The molecule has 4 heteroatoms. The standard InChI is InChI=1S/C20H30N2O2/c1-2-17-13-22-18-12-15(10-11-20(18)24-17)19(23)14-21-16-8-6-4-3-5-7-9-16/h10-12,16-17,21-22H,2-9,13-14H2,1H3. The summed E-state index contributed by atoms with van der Waals surface area (Å²) in [4.78, 5) is 12.5. The molecule has 1 atom stereocenters. The minimum Gasteiger partial charge on any atom is -0.486 e. The number of ether oxygens (including phenoxy) is 1. The smallest absolute Gasteiger partial charge is 0.176 e. The van der Waals surface area contributed by atoms with Gasteiger partial charge in [-0.05, 0) is 37.5 Å². The number of nitrogens with one attached hydrogen (secondary N) is 2. The van der Waals surface area contributed by atoms with E-state index in [-0.39, 0.29) is 11.9 Å². The first kappa shape index (κ1) is 17.3. The number of fused-ring (bicyclic) bond motifs is 1. The fraction of sp³-hybridized carbons (Fsp3) is 0.650. The van der Waals surface area contributed by atoms with Crippen LogP contribution in [0, 0.1) is 0 Å². The van der Waals surface area contributed by atoms with Gasteiger partial charge in [-0.25, -0.2) is 0 Å². The van der Waals surface area contributed by atoms with Gasteiger partial charge in [0.15, 0.2) is 5.78 Å². The first-order chi connectivity index (χ1) is 11.8. The predicted octanol–water partition coefficient (Wildman–Crippen LogP) is 4.15. The minimum absolute atomic E-state index is 0.166. The van der Waals surface area contributed by atoms with Crippen molar-refractivity contribution in [1.82, 2.24) is 5.32 Å². The van der Waals surface area contributed by atoms with E-state index in [1.807, 2.05) is 18.2 Å². The third-order valence-corrected chi connectivity index (χ3v) is 5.23. The molecular formula is C20H30N2O2. The Bertz CT molecular complexity index is 551. The molecule has 3 rings (SSSR count). The van der Waals surface area contributed by atoms with Crippen molar-refractivity contribution in [2.75, 3.05) is 18.4 Å². The number of rotatable bonds is 5. The first-order valence-corrected chi connectivity index (χ1v) is 9.57. The van der Waals surface area contributed by atoms with Gasteiger partial charge in [-0.1, -0.05) is 39.0 Å². The Morgan fingerprint density at radius 3 is 2.71 bits per heavy atom. The van der Waals surface area contributed by atoms with Gasteiger partial charge >= 0.3 is 0 Å². The normalized spacial score (nSPS) is 21.8. The highest BCUT2D eigenvalue weighted by atomic mass is 16.5. The molecule has 1 aromatic rings. The lowest BCUT2D eigenvalue weighted by atomic mass is 9.96. The van der Waals surface area contributed by atoms with Crippen LogP contribution in [-0.2, 0) is 0 Å². The van der Waals surface area contributed by atoms with E-state index in [0.717, 1.165) is 30.0 Å².